The van der Waals surface area contributed by atoms with Crippen LogP contribution in [-0.4, -0.2) is 31.7 Å². The highest BCUT2D eigenvalue weighted by atomic mass is 16.1. The minimum Gasteiger partial charge on any atom is -0.367 e. The van der Waals surface area contributed by atoms with Crippen LogP contribution in [0, 0.1) is 6.92 Å². The fourth-order valence-electron chi connectivity index (χ4n) is 2.16. The molecule has 0 saturated heterocycles. The Bertz CT molecular complexity index is 609. The molecule has 7 heteroatoms. The smallest absolute Gasteiger partial charge is 0.349 e. The number of aromatic amines is 1. The highest BCUT2D eigenvalue weighted by Crippen LogP contribution is 2.22. The summed E-state index contributed by atoms with van der Waals surface area (Å²) in [4.78, 5) is 15.7. The van der Waals surface area contributed by atoms with Gasteiger partial charge >= 0.3 is 5.69 Å². The second-order valence-electron chi connectivity index (χ2n) is 4.48. The molecule has 0 bridgehead atoms. The van der Waals surface area contributed by atoms with Gasteiger partial charge in [-0.2, -0.15) is 5.10 Å². The molecule has 7 nitrogen and oxygen atoms in total. The third-order valence-corrected chi connectivity index (χ3v) is 3.10. The molecule has 0 amide bonds. The number of anilines is 1. The number of hydrogen-bond donors (Lipinski definition) is 3. The van der Waals surface area contributed by atoms with E-state index in [1.54, 1.807) is 13.0 Å². The molecule has 0 unspecified atom stereocenters. The number of aromatic nitrogens is 4. The van der Waals surface area contributed by atoms with E-state index in [1.807, 2.05) is 0 Å². The standard InChI is InChI=1S/C10H14N6O/c1-5-12-8(13-7-2-6(11)3-7)4-9-14-15-10(17)16(5)9/h4,6-7,13H,2-3,11H2,1H3,(H,15,17). The van der Waals surface area contributed by atoms with Crippen LogP contribution in [0.5, 0.6) is 0 Å². The van der Waals surface area contributed by atoms with Gasteiger partial charge in [-0.05, 0) is 19.8 Å². The van der Waals surface area contributed by atoms with Crippen LogP contribution in [0.15, 0.2) is 10.9 Å². The van der Waals surface area contributed by atoms with Gasteiger partial charge in [0.25, 0.3) is 0 Å². The molecule has 4 N–H and O–H groups in total. The van der Waals surface area contributed by atoms with Crippen LogP contribution >= 0.6 is 0 Å². The largest absolute Gasteiger partial charge is 0.367 e. The molecule has 1 aliphatic rings. The molecule has 0 radical (unpaired) electrons. The molecule has 0 spiro atoms. The van der Waals surface area contributed by atoms with Crippen LogP contribution in [0.25, 0.3) is 5.65 Å². The van der Waals surface area contributed by atoms with E-state index in [9.17, 15) is 4.79 Å². The Morgan fingerprint density at radius 2 is 2.35 bits per heavy atom. The van der Waals surface area contributed by atoms with Crippen LogP contribution in [0.2, 0.25) is 0 Å². The number of aryl methyl sites for hydroxylation is 1. The van der Waals surface area contributed by atoms with Gasteiger partial charge < -0.3 is 11.1 Å². The summed E-state index contributed by atoms with van der Waals surface area (Å²) in [5.74, 6) is 1.36. The number of rotatable bonds is 2. The molecular formula is C10H14N6O. The first-order valence-electron chi connectivity index (χ1n) is 5.60. The zero-order valence-electron chi connectivity index (χ0n) is 9.47. The Morgan fingerprint density at radius 3 is 3.06 bits per heavy atom. The van der Waals surface area contributed by atoms with Crippen LogP contribution < -0.4 is 16.7 Å². The normalized spacial score (nSPS) is 23.6. The van der Waals surface area contributed by atoms with Crippen molar-refractivity contribution >= 4 is 11.5 Å². The molecule has 0 aromatic carbocycles. The van der Waals surface area contributed by atoms with E-state index in [4.69, 9.17) is 5.73 Å². The van der Waals surface area contributed by atoms with Gasteiger partial charge in [0, 0.05) is 18.2 Å². The maximum atomic E-state index is 11.4. The van der Waals surface area contributed by atoms with E-state index in [-0.39, 0.29) is 5.69 Å². The summed E-state index contributed by atoms with van der Waals surface area (Å²) >= 11 is 0. The average Bonchev–Trinajstić information content (AvgIpc) is 2.58. The second-order valence-corrected chi connectivity index (χ2v) is 4.48. The van der Waals surface area contributed by atoms with Crippen LogP contribution in [0.4, 0.5) is 5.82 Å². The van der Waals surface area contributed by atoms with Gasteiger partial charge in [-0.1, -0.05) is 0 Å². The molecule has 0 atom stereocenters. The summed E-state index contributed by atoms with van der Waals surface area (Å²) in [6.07, 6.45) is 1.92. The maximum Gasteiger partial charge on any atom is 0.349 e. The minimum absolute atomic E-state index is 0.262. The molecule has 0 aliphatic heterocycles. The first-order valence-corrected chi connectivity index (χ1v) is 5.60. The number of nitrogens with zero attached hydrogens (tertiary/aromatic N) is 3. The Kier molecular flexibility index (Phi) is 2.15. The van der Waals surface area contributed by atoms with Crippen LogP contribution in [-0.2, 0) is 0 Å². The van der Waals surface area contributed by atoms with Crippen molar-refractivity contribution in [3.8, 4) is 0 Å². The van der Waals surface area contributed by atoms with E-state index in [0.717, 1.165) is 18.7 Å². The van der Waals surface area contributed by atoms with Crippen LogP contribution in [0.1, 0.15) is 18.7 Å². The molecule has 1 saturated carbocycles. The minimum atomic E-state index is -0.262. The van der Waals surface area contributed by atoms with E-state index in [1.165, 1.54) is 4.40 Å². The summed E-state index contributed by atoms with van der Waals surface area (Å²) in [5, 5.41) is 9.62. The lowest BCUT2D eigenvalue weighted by atomic mass is 9.88. The quantitative estimate of drug-likeness (QED) is 0.658. The van der Waals surface area contributed by atoms with E-state index in [0.29, 0.717) is 23.6 Å². The zero-order chi connectivity index (χ0) is 12.0. The van der Waals surface area contributed by atoms with E-state index >= 15 is 0 Å². The molecule has 3 rings (SSSR count). The third-order valence-electron chi connectivity index (χ3n) is 3.10. The zero-order valence-corrected chi connectivity index (χ0v) is 9.47. The van der Waals surface area contributed by atoms with Crippen molar-refractivity contribution in [2.75, 3.05) is 5.32 Å². The van der Waals surface area contributed by atoms with Crippen molar-refractivity contribution in [1.29, 1.82) is 0 Å². The van der Waals surface area contributed by atoms with Gasteiger partial charge in [-0.15, -0.1) is 0 Å². The van der Waals surface area contributed by atoms with Crippen molar-refractivity contribution in [1.82, 2.24) is 19.6 Å². The predicted octanol–water partition coefficient (Wildman–Crippen LogP) is -0.372. The van der Waals surface area contributed by atoms with E-state index < -0.39 is 0 Å². The van der Waals surface area contributed by atoms with Crippen molar-refractivity contribution in [2.24, 2.45) is 5.73 Å². The second kappa shape index (κ2) is 3.56. The van der Waals surface area contributed by atoms with Crippen molar-refractivity contribution in [3.05, 3.63) is 22.4 Å². The van der Waals surface area contributed by atoms with Gasteiger partial charge in [0.05, 0.1) is 0 Å². The molecule has 2 aromatic heterocycles. The highest BCUT2D eigenvalue weighted by Gasteiger charge is 2.26. The molecule has 2 aromatic rings. The lowest BCUT2D eigenvalue weighted by Crippen LogP contribution is -2.44. The van der Waals surface area contributed by atoms with Crippen molar-refractivity contribution in [2.45, 2.75) is 31.8 Å². The summed E-state index contributed by atoms with van der Waals surface area (Å²) in [6.45, 7) is 1.78. The number of hydrogen-bond acceptors (Lipinski definition) is 5. The summed E-state index contributed by atoms with van der Waals surface area (Å²) < 4.78 is 1.44. The Labute approximate surface area is 97.0 Å². The summed E-state index contributed by atoms with van der Waals surface area (Å²) in [5.41, 5.74) is 6.04. The predicted molar refractivity (Wildman–Crippen MR) is 63.0 cm³/mol. The molecule has 2 heterocycles. The lowest BCUT2D eigenvalue weighted by Gasteiger charge is -2.33. The van der Waals surface area contributed by atoms with Gasteiger partial charge in [-0.3, -0.25) is 0 Å². The molecule has 1 aliphatic carbocycles. The third kappa shape index (κ3) is 1.68. The SMILES string of the molecule is Cc1nc(NC2CC(N)C2)cc2n[nH]c(=O)n12. The van der Waals surface area contributed by atoms with Crippen molar-refractivity contribution < 1.29 is 0 Å². The Hall–Kier alpha value is -1.89. The highest BCUT2D eigenvalue weighted by molar-refractivity contribution is 5.50. The fraction of sp³-hybridized carbons (Fsp3) is 0.500. The molecular weight excluding hydrogens is 220 g/mol. The molecule has 1 fully saturated rings. The average molecular weight is 234 g/mol. The lowest BCUT2D eigenvalue weighted by molar-refractivity contribution is 0.373. The first-order chi connectivity index (χ1) is 8.13. The van der Waals surface area contributed by atoms with Gasteiger partial charge in [-0.25, -0.2) is 19.3 Å². The van der Waals surface area contributed by atoms with Gasteiger partial charge in [0.1, 0.15) is 11.6 Å². The van der Waals surface area contributed by atoms with Gasteiger partial charge in [0.15, 0.2) is 5.65 Å². The van der Waals surface area contributed by atoms with Gasteiger partial charge in [0.2, 0.25) is 0 Å². The number of nitrogens with one attached hydrogen (secondary N) is 2. The summed E-state index contributed by atoms with van der Waals surface area (Å²) in [7, 11) is 0. The molecule has 90 valence electrons. The Morgan fingerprint density at radius 1 is 1.59 bits per heavy atom. The number of H-pyrrole nitrogens is 1. The maximum absolute atomic E-state index is 11.4. The van der Waals surface area contributed by atoms with E-state index in [2.05, 4.69) is 20.5 Å². The van der Waals surface area contributed by atoms with Crippen molar-refractivity contribution in [3.63, 3.8) is 0 Å². The van der Waals surface area contributed by atoms with Crippen LogP contribution in [0.3, 0.4) is 0 Å². The topological polar surface area (TPSA) is 101 Å². The number of nitrogens with two attached hydrogens (primary N) is 1. The summed E-state index contributed by atoms with van der Waals surface area (Å²) in [6, 6.07) is 2.43. The fourth-order valence-corrected chi connectivity index (χ4v) is 2.16. The molecule has 17 heavy (non-hydrogen) atoms. The monoisotopic (exact) mass is 234 g/mol. The number of fused-ring (bicyclic) bond motifs is 1. The first kappa shape index (κ1) is 10.3. The Balaban J connectivity index is 1.93.